The number of hydrogen-bond acceptors (Lipinski definition) is 1. The summed E-state index contributed by atoms with van der Waals surface area (Å²) in [7, 11) is 0. The summed E-state index contributed by atoms with van der Waals surface area (Å²) >= 11 is 2.01. The third kappa shape index (κ3) is 3.28. The van der Waals surface area contributed by atoms with E-state index in [9.17, 15) is 0 Å². The second kappa shape index (κ2) is 8.44. The van der Waals surface area contributed by atoms with Crippen LogP contribution in [0.4, 0.5) is 0 Å². The first-order chi connectivity index (χ1) is 15.5. The average Bonchev–Trinajstić information content (AvgIpc) is 2.83. The maximum absolute atomic E-state index is 4.36. The molecule has 166 valence electrons. The molecule has 3 aliphatic carbocycles. The van der Waals surface area contributed by atoms with Gasteiger partial charge in [0.2, 0.25) is 0 Å². The van der Waals surface area contributed by atoms with Gasteiger partial charge >= 0.3 is 0 Å². The highest BCUT2D eigenvalue weighted by Crippen LogP contribution is 2.67. The van der Waals surface area contributed by atoms with Crippen LogP contribution in [0.25, 0.3) is 6.08 Å². The zero-order valence-corrected chi connectivity index (χ0v) is 20.8. The minimum absolute atomic E-state index is 0.349. The number of rotatable bonds is 3. The van der Waals surface area contributed by atoms with Crippen molar-refractivity contribution in [2.75, 3.05) is 0 Å². The van der Waals surface area contributed by atoms with E-state index >= 15 is 0 Å². The molecule has 4 aliphatic rings. The molecule has 0 bridgehead atoms. The lowest BCUT2D eigenvalue weighted by molar-refractivity contribution is -0.0151. The highest BCUT2D eigenvalue weighted by molar-refractivity contribution is 8.04. The second-order valence-corrected chi connectivity index (χ2v) is 11.8. The van der Waals surface area contributed by atoms with Crippen molar-refractivity contribution in [1.29, 1.82) is 0 Å². The Kier molecular flexibility index (Phi) is 5.77. The van der Waals surface area contributed by atoms with Crippen molar-refractivity contribution in [2.24, 2.45) is 29.6 Å². The van der Waals surface area contributed by atoms with E-state index in [2.05, 4.69) is 89.1 Å². The van der Waals surface area contributed by atoms with Crippen molar-refractivity contribution in [3.05, 3.63) is 93.6 Å². The van der Waals surface area contributed by atoms with E-state index in [1.165, 1.54) is 35.3 Å². The van der Waals surface area contributed by atoms with Crippen molar-refractivity contribution < 1.29 is 0 Å². The zero-order chi connectivity index (χ0) is 22.6. The van der Waals surface area contributed by atoms with Gasteiger partial charge < -0.3 is 0 Å². The van der Waals surface area contributed by atoms with Crippen molar-refractivity contribution in [2.45, 2.75) is 58.1 Å². The van der Waals surface area contributed by atoms with E-state index in [4.69, 9.17) is 0 Å². The fourth-order valence-corrected chi connectivity index (χ4v) is 8.84. The molecule has 1 aromatic rings. The Morgan fingerprint density at radius 1 is 1.19 bits per heavy atom. The Bertz CT molecular complexity index is 1090. The van der Waals surface area contributed by atoms with Crippen LogP contribution in [-0.2, 0) is 12.8 Å². The molecule has 7 atom stereocenters. The Morgan fingerprint density at radius 2 is 2.00 bits per heavy atom. The molecule has 1 fully saturated rings. The summed E-state index contributed by atoms with van der Waals surface area (Å²) in [6, 6.07) is 4.82. The van der Waals surface area contributed by atoms with Gasteiger partial charge in [-0.1, -0.05) is 55.0 Å². The van der Waals surface area contributed by atoms with Crippen LogP contribution in [0.1, 0.15) is 62.3 Å². The Balaban J connectivity index is 1.70. The normalized spacial score (nSPS) is 34.6. The van der Waals surface area contributed by atoms with Gasteiger partial charge in [0.25, 0.3) is 0 Å². The maximum Gasteiger partial charge on any atom is 0.0414 e. The molecule has 5 rings (SSSR count). The molecule has 1 saturated carbocycles. The van der Waals surface area contributed by atoms with Gasteiger partial charge in [-0.05, 0) is 110 Å². The van der Waals surface area contributed by atoms with Crippen LogP contribution in [-0.4, -0.2) is 5.25 Å². The fraction of sp³-hybridized carbons (Fsp3) is 0.452. The van der Waals surface area contributed by atoms with E-state index in [1.807, 2.05) is 11.8 Å². The van der Waals surface area contributed by atoms with Crippen LogP contribution in [0.3, 0.4) is 0 Å². The largest absolute Gasteiger partial charge is 0.132 e. The molecule has 0 spiro atoms. The predicted molar refractivity (Wildman–Crippen MR) is 141 cm³/mol. The van der Waals surface area contributed by atoms with Crippen LogP contribution < -0.4 is 0 Å². The van der Waals surface area contributed by atoms with Gasteiger partial charge in [0.1, 0.15) is 0 Å². The van der Waals surface area contributed by atoms with E-state index in [0.29, 0.717) is 28.9 Å². The average molecular weight is 441 g/mol. The quantitative estimate of drug-likeness (QED) is 0.336. The van der Waals surface area contributed by atoms with E-state index in [-0.39, 0.29) is 0 Å². The summed E-state index contributed by atoms with van der Waals surface area (Å²) in [5, 5.41) is 0.349. The lowest BCUT2D eigenvalue weighted by Gasteiger charge is -2.61. The second-order valence-electron chi connectivity index (χ2n) is 10.6. The van der Waals surface area contributed by atoms with Gasteiger partial charge in [-0.15, -0.1) is 24.1 Å². The monoisotopic (exact) mass is 440 g/mol. The van der Waals surface area contributed by atoms with E-state index in [1.54, 1.807) is 22.3 Å². The van der Waals surface area contributed by atoms with Gasteiger partial charge in [-0.2, -0.15) is 0 Å². The third-order valence-corrected chi connectivity index (χ3v) is 9.90. The molecule has 1 aromatic carbocycles. The molecular weight excluding hydrogens is 404 g/mol. The zero-order valence-electron chi connectivity index (χ0n) is 20.0. The Labute approximate surface area is 199 Å². The van der Waals surface area contributed by atoms with Gasteiger partial charge in [-0.25, -0.2) is 0 Å². The van der Waals surface area contributed by atoms with Crippen molar-refractivity contribution in [3.8, 4) is 0 Å². The SMILES string of the molecule is C=C=CC1SC(C=C(C)C)=C(C)C2C3C(C)Cc4ccc5c(c4C3C2C1C=C)CCC=C5. The summed E-state index contributed by atoms with van der Waals surface area (Å²) in [4.78, 5) is 1.47. The highest BCUT2D eigenvalue weighted by atomic mass is 32.2. The summed E-state index contributed by atoms with van der Waals surface area (Å²) in [5.41, 5.74) is 12.6. The number of benzene rings is 1. The topological polar surface area (TPSA) is 0 Å². The highest BCUT2D eigenvalue weighted by Gasteiger charge is 2.60. The predicted octanol–water partition coefficient (Wildman–Crippen LogP) is 8.28. The molecule has 0 aromatic heterocycles. The molecular formula is C31H36S. The number of hydrogen-bond donors (Lipinski definition) is 0. The van der Waals surface area contributed by atoms with Crippen LogP contribution in [0.15, 0.2) is 71.4 Å². The van der Waals surface area contributed by atoms with E-state index in [0.717, 1.165) is 11.8 Å². The maximum atomic E-state index is 4.36. The lowest BCUT2D eigenvalue weighted by Crippen LogP contribution is -2.55. The molecule has 0 nitrogen and oxygen atoms in total. The molecule has 0 saturated heterocycles. The number of allylic oxidation sites excluding steroid dienone is 5. The van der Waals surface area contributed by atoms with Crippen LogP contribution in [0, 0.1) is 29.6 Å². The molecule has 1 heteroatoms. The van der Waals surface area contributed by atoms with Gasteiger partial charge in [0.05, 0.1) is 0 Å². The van der Waals surface area contributed by atoms with Gasteiger partial charge in [-0.3, -0.25) is 0 Å². The molecule has 0 N–H and O–H groups in total. The minimum atomic E-state index is 0.349. The van der Waals surface area contributed by atoms with Crippen molar-refractivity contribution in [3.63, 3.8) is 0 Å². The van der Waals surface area contributed by atoms with Crippen LogP contribution >= 0.6 is 11.8 Å². The Morgan fingerprint density at radius 3 is 2.72 bits per heavy atom. The summed E-state index contributed by atoms with van der Waals surface area (Å²) in [6.45, 7) is 17.7. The summed E-state index contributed by atoms with van der Waals surface area (Å²) in [6.07, 6.45) is 15.2. The molecule has 0 radical (unpaired) electrons. The van der Waals surface area contributed by atoms with Crippen LogP contribution in [0.5, 0.6) is 0 Å². The first-order valence-electron chi connectivity index (χ1n) is 12.3. The lowest BCUT2D eigenvalue weighted by atomic mass is 9.43. The standard InChI is InChI=1S/C31H36S/c1-7-11-25-23(8-2)30-28(20(6)26(32-25)16-18(3)4)27-19(5)17-22-15-14-21-12-9-10-13-24(21)29(22)31(27)30/h8-9,11-12,14-16,19,23,25,27-28,30-31H,1-2,10,13,17H2,3-6H3. The molecule has 1 aliphatic heterocycles. The van der Waals surface area contributed by atoms with Gasteiger partial charge in [0, 0.05) is 10.2 Å². The van der Waals surface area contributed by atoms with Crippen molar-refractivity contribution >= 4 is 17.8 Å². The fourth-order valence-electron chi connectivity index (χ4n) is 7.31. The Hall–Kier alpha value is -1.95. The first-order valence-corrected chi connectivity index (χ1v) is 13.2. The molecule has 7 unspecified atom stereocenters. The molecule has 1 heterocycles. The third-order valence-electron chi connectivity index (χ3n) is 8.48. The summed E-state index contributed by atoms with van der Waals surface area (Å²) < 4.78 is 0. The molecule has 0 amide bonds. The molecule has 32 heavy (non-hydrogen) atoms. The first kappa shape index (κ1) is 21.9. The van der Waals surface area contributed by atoms with Crippen LogP contribution in [0.2, 0.25) is 0 Å². The number of thioether (sulfide) groups is 1. The van der Waals surface area contributed by atoms with E-state index < -0.39 is 0 Å². The smallest absolute Gasteiger partial charge is 0.0414 e. The van der Waals surface area contributed by atoms with Crippen molar-refractivity contribution in [1.82, 2.24) is 0 Å². The minimum Gasteiger partial charge on any atom is -0.132 e. The number of fused-ring (bicyclic) bond motifs is 8. The summed E-state index contributed by atoms with van der Waals surface area (Å²) in [5.74, 6) is 3.79. The van der Waals surface area contributed by atoms with Gasteiger partial charge in [0.15, 0.2) is 0 Å².